The first-order chi connectivity index (χ1) is 9.47. The largest absolute Gasteiger partial charge is 0.508 e. The quantitative estimate of drug-likeness (QED) is 0.721. The van der Waals surface area contributed by atoms with Crippen molar-refractivity contribution in [3.8, 4) is 17.2 Å². The number of benzene rings is 2. The molecular formula is C14H10ClFN2O2. The predicted molar refractivity (Wildman–Crippen MR) is 74.1 cm³/mol. The van der Waals surface area contributed by atoms with Crippen LogP contribution in [0.2, 0.25) is 5.15 Å². The van der Waals surface area contributed by atoms with Crippen LogP contribution in [0.1, 0.15) is 5.56 Å². The Bertz CT molecular complexity index is 830. The van der Waals surface area contributed by atoms with Gasteiger partial charge in [0.25, 0.3) is 0 Å². The summed E-state index contributed by atoms with van der Waals surface area (Å²) < 4.78 is 14.8. The molecule has 0 unspecified atom stereocenters. The zero-order valence-electron chi connectivity index (χ0n) is 10.4. The molecule has 0 radical (unpaired) electrons. The van der Waals surface area contributed by atoms with E-state index >= 15 is 0 Å². The molecule has 4 nitrogen and oxygen atoms in total. The third kappa shape index (κ3) is 1.87. The van der Waals surface area contributed by atoms with Crippen LogP contribution in [-0.4, -0.2) is 20.0 Å². The highest BCUT2D eigenvalue weighted by molar-refractivity contribution is 6.34. The Morgan fingerprint density at radius 2 is 1.95 bits per heavy atom. The van der Waals surface area contributed by atoms with Crippen LogP contribution in [0, 0.1) is 12.7 Å². The van der Waals surface area contributed by atoms with Crippen LogP contribution in [0.3, 0.4) is 0 Å². The van der Waals surface area contributed by atoms with Gasteiger partial charge in [0.1, 0.15) is 10.9 Å². The van der Waals surface area contributed by atoms with Crippen LogP contribution in [0.4, 0.5) is 4.39 Å². The maximum atomic E-state index is 13.3. The summed E-state index contributed by atoms with van der Waals surface area (Å²) in [5.41, 5.74) is 1.78. The normalized spacial score (nSPS) is 11.2. The molecule has 3 rings (SSSR count). The minimum absolute atomic E-state index is 0.141. The van der Waals surface area contributed by atoms with Crippen molar-refractivity contribution >= 4 is 22.5 Å². The van der Waals surface area contributed by atoms with E-state index in [1.54, 1.807) is 19.1 Å². The van der Waals surface area contributed by atoms with Gasteiger partial charge in [-0.2, -0.15) is 5.10 Å². The third-order valence-electron chi connectivity index (χ3n) is 3.09. The van der Waals surface area contributed by atoms with Crippen LogP contribution in [0.5, 0.6) is 11.5 Å². The number of phenolic OH excluding ortho intramolecular Hbond substituents is 2. The molecule has 20 heavy (non-hydrogen) atoms. The van der Waals surface area contributed by atoms with Crippen molar-refractivity contribution in [2.75, 3.05) is 0 Å². The van der Waals surface area contributed by atoms with Gasteiger partial charge >= 0.3 is 0 Å². The Morgan fingerprint density at radius 1 is 1.20 bits per heavy atom. The molecule has 102 valence electrons. The van der Waals surface area contributed by atoms with E-state index in [9.17, 15) is 14.6 Å². The zero-order chi connectivity index (χ0) is 14.4. The van der Waals surface area contributed by atoms with Crippen LogP contribution >= 0.6 is 11.6 Å². The van der Waals surface area contributed by atoms with E-state index < -0.39 is 11.6 Å². The number of nitrogens with zero attached hydrogens (tertiary/aromatic N) is 2. The van der Waals surface area contributed by atoms with Crippen molar-refractivity contribution in [3.05, 3.63) is 46.9 Å². The van der Waals surface area contributed by atoms with Crippen molar-refractivity contribution in [2.45, 2.75) is 6.92 Å². The number of hydrogen-bond acceptors (Lipinski definition) is 3. The number of phenols is 2. The topological polar surface area (TPSA) is 58.3 Å². The Hall–Kier alpha value is -2.27. The monoisotopic (exact) mass is 292 g/mol. The standard InChI is InChI=1S/C14H10ClFN2O2/c1-7-4-8(19)2-3-12(7)18-14(15)9-5-13(20)10(16)6-11(9)17-18/h2-6,19-20H,1H3. The van der Waals surface area contributed by atoms with Crippen molar-refractivity contribution in [1.82, 2.24) is 9.78 Å². The summed E-state index contributed by atoms with van der Waals surface area (Å²) in [6.07, 6.45) is 0. The summed E-state index contributed by atoms with van der Waals surface area (Å²) in [4.78, 5) is 0. The molecule has 0 bridgehead atoms. The van der Waals surface area contributed by atoms with E-state index in [1.807, 2.05) is 0 Å². The highest BCUT2D eigenvalue weighted by Gasteiger charge is 2.15. The highest BCUT2D eigenvalue weighted by Crippen LogP contribution is 2.32. The summed E-state index contributed by atoms with van der Waals surface area (Å²) in [7, 11) is 0. The van der Waals surface area contributed by atoms with Gasteiger partial charge in [-0.3, -0.25) is 0 Å². The molecule has 0 aliphatic carbocycles. The number of fused-ring (bicyclic) bond motifs is 1. The fourth-order valence-electron chi connectivity index (χ4n) is 2.10. The van der Waals surface area contributed by atoms with E-state index in [0.717, 1.165) is 11.6 Å². The Balaban J connectivity index is 2.29. The number of hydrogen-bond donors (Lipinski definition) is 2. The fourth-order valence-corrected chi connectivity index (χ4v) is 2.38. The number of aromatic nitrogens is 2. The Morgan fingerprint density at radius 3 is 2.65 bits per heavy atom. The second kappa shape index (κ2) is 4.38. The molecular weight excluding hydrogens is 283 g/mol. The molecule has 0 amide bonds. The van der Waals surface area contributed by atoms with Gasteiger partial charge in [-0.05, 0) is 36.8 Å². The first-order valence-electron chi connectivity index (χ1n) is 5.84. The van der Waals surface area contributed by atoms with Crippen molar-refractivity contribution < 1.29 is 14.6 Å². The van der Waals surface area contributed by atoms with Crippen molar-refractivity contribution in [1.29, 1.82) is 0 Å². The molecule has 0 fully saturated rings. The minimum atomic E-state index is -0.749. The lowest BCUT2D eigenvalue weighted by atomic mass is 10.2. The number of aromatic hydroxyl groups is 2. The first kappa shape index (κ1) is 12.7. The maximum Gasteiger partial charge on any atom is 0.167 e. The lowest BCUT2D eigenvalue weighted by Crippen LogP contribution is -1.98. The van der Waals surface area contributed by atoms with Crippen molar-refractivity contribution in [2.24, 2.45) is 0 Å². The predicted octanol–water partition coefficient (Wildman–Crippen LogP) is 3.54. The summed E-state index contributed by atoms with van der Waals surface area (Å²) >= 11 is 6.23. The van der Waals surface area contributed by atoms with E-state index in [-0.39, 0.29) is 10.9 Å². The van der Waals surface area contributed by atoms with Gasteiger partial charge in [0.05, 0.1) is 11.2 Å². The molecule has 2 N–H and O–H groups in total. The molecule has 0 aliphatic heterocycles. The van der Waals surface area contributed by atoms with Gasteiger partial charge in [0, 0.05) is 11.5 Å². The summed E-state index contributed by atoms with van der Waals surface area (Å²) in [5, 5.41) is 23.8. The molecule has 0 saturated carbocycles. The fraction of sp³-hybridized carbons (Fsp3) is 0.0714. The average Bonchev–Trinajstić information content (AvgIpc) is 2.68. The van der Waals surface area contributed by atoms with Gasteiger partial charge in [-0.15, -0.1) is 0 Å². The average molecular weight is 293 g/mol. The molecule has 0 aliphatic rings. The second-order valence-electron chi connectivity index (χ2n) is 4.49. The van der Waals surface area contributed by atoms with Crippen LogP contribution in [-0.2, 0) is 0 Å². The number of halogens is 2. The molecule has 3 aromatic rings. The van der Waals surface area contributed by atoms with E-state index in [1.165, 1.54) is 16.8 Å². The Labute approximate surface area is 118 Å². The third-order valence-corrected chi connectivity index (χ3v) is 3.45. The molecule has 0 spiro atoms. The first-order valence-corrected chi connectivity index (χ1v) is 6.22. The summed E-state index contributed by atoms with van der Waals surface area (Å²) in [6.45, 7) is 1.80. The summed E-state index contributed by atoms with van der Waals surface area (Å²) in [6, 6.07) is 7.13. The molecule has 1 aromatic heterocycles. The lowest BCUT2D eigenvalue weighted by Gasteiger charge is -2.07. The second-order valence-corrected chi connectivity index (χ2v) is 4.85. The van der Waals surface area contributed by atoms with E-state index in [2.05, 4.69) is 5.10 Å². The highest BCUT2D eigenvalue weighted by atomic mass is 35.5. The zero-order valence-corrected chi connectivity index (χ0v) is 11.2. The molecule has 1 heterocycles. The maximum absolute atomic E-state index is 13.3. The van der Waals surface area contributed by atoms with E-state index in [0.29, 0.717) is 16.6 Å². The lowest BCUT2D eigenvalue weighted by molar-refractivity contribution is 0.433. The molecule has 6 heteroatoms. The Kier molecular flexibility index (Phi) is 2.79. The van der Waals surface area contributed by atoms with Gasteiger partial charge < -0.3 is 10.2 Å². The van der Waals surface area contributed by atoms with Gasteiger partial charge in [-0.1, -0.05) is 11.6 Å². The van der Waals surface area contributed by atoms with Crippen LogP contribution < -0.4 is 0 Å². The van der Waals surface area contributed by atoms with Gasteiger partial charge in [0.2, 0.25) is 0 Å². The number of rotatable bonds is 1. The smallest absolute Gasteiger partial charge is 0.167 e. The van der Waals surface area contributed by atoms with Crippen LogP contribution in [0.15, 0.2) is 30.3 Å². The van der Waals surface area contributed by atoms with E-state index in [4.69, 9.17) is 11.6 Å². The number of aryl methyl sites for hydroxylation is 1. The van der Waals surface area contributed by atoms with Gasteiger partial charge in [0.15, 0.2) is 11.6 Å². The molecule has 2 aromatic carbocycles. The SMILES string of the molecule is Cc1cc(O)ccc1-n1nc2cc(F)c(O)cc2c1Cl. The van der Waals surface area contributed by atoms with Crippen molar-refractivity contribution in [3.63, 3.8) is 0 Å². The van der Waals surface area contributed by atoms with Gasteiger partial charge in [-0.25, -0.2) is 9.07 Å². The molecule has 0 saturated heterocycles. The minimum Gasteiger partial charge on any atom is -0.508 e. The molecule has 0 atom stereocenters. The van der Waals surface area contributed by atoms with Crippen LogP contribution in [0.25, 0.3) is 16.6 Å². The summed E-state index contributed by atoms with van der Waals surface area (Å²) in [5.74, 6) is -1.08.